The van der Waals surface area contributed by atoms with Gasteiger partial charge in [0, 0.05) is 10.6 Å². The second kappa shape index (κ2) is 12.7. The zero-order valence-corrected chi connectivity index (χ0v) is 21.4. The Balaban J connectivity index is 1.93. The van der Waals surface area contributed by atoms with E-state index in [2.05, 4.69) is 13.8 Å². The van der Waals surface area contributed by atoms with Crippen LogP contribution in [0.4, 0.5) is 0 Å². The summed E-state index contributed by atoms with van der Waals surface area (Å²) in [6.07, 6.45) is 13.2. The van der Waals surface area contributed by atoms with E-state index in [1.54, 1.807) is 24.3 Å². The molecule has 2 unspecified atom stereocenters. The summed E-state index contributed by atoms with van der Waals surface area (Å²) in [5, 5.41) is 9.65. The van der Waals surface area contributed by atoms with Gasteiger partial charge in [-0.3, -0.25) is 4.79 Å². The van der Waals surface area contributed by atoms with Crippen LogP contribution in [0, 0.1) is 5.92 Å². The molecule has 0 fully saturated rings. The van der Waals surface area contributed by atoms with Gasteiger partial charge in [-0.1, -0.05) is 93.6 Å². The van der Waals surface area contributed by atoms with Crippen LogP contribution in [0.1, 0.15) is 79.4 Å². The average molecular weight is 495 g/mol. The fourth-order valence-electron chi connectivity index (χ4n) is 4.44. The lowest BCUT2D eigenvalue weighted by Gasteiger charge is -2.33. The van der Waals surface area contributed by atoms with Crippen molar-refractivity contribution in [2.75, 3.05) is 0 Å². The van der Waals surface area contributed by atoms with Gasteiger partial charge < -0.3 is 9.84 Å². The number of carboxylic acids is 1. The number of ether oxygens (including phenoxy) is 1. The molecule has 186 valence electrons. The standard InChI is InChI=1S/C30H35ClO4/c1-3-5-7-11-22-15-17-24(18-16-22)29(34)35-30(20-19-25(28(32)33)27(31)21-30)26-14-10-9-13-23(26)12-8-6-4-2/h9-10,13-21,25H,3-8,11-12H2,1-2H3,(H,32,33). The van der Waals surface area contributed by atoms with Gasteiger partial charge >= 0.3 is 11.9 Å². The van der Waals surface area contributed by atoms with Crippen molar-refractivity contribution in [3.8, 4) is 0 Å². The molecule has 1 aliphatic rings. The monoisotopic (exact) mass is 494 g/mol. The summed E-state index contributed by atoms with van der Waals surface area (Å²) in [7, 11) is 0. The Bertz CT molecular complexity index is 1070. The number of benzene rings is 2. The topological polar surface area (TPSA) is 63.6 Å². The zero-order chi connectivity index (χ0) is 25.3. The summed E-state index contributed by atoms with van der Waals surface area (Å²) in [6, 6.07) is 15.4. The van der Waals surface area contributed by atoms with E-state index in [0.717, 1.165) is 49.7 Å². The van der Waals surface area contributed by atoms with Gasteiger partial charge in [-0.25, -0.2) is 4.79 Å². The van der Waals surface area contributed by atoms with Crippen LogP contribution >= 0.6 is 11.6 Å². The van der Waals surface area contributed by atoms with Gasteiger partial charge in [0.05, 0.1) is 5.56 Å². The lowest BCUT2D eigenvalue weighted by atomic mass is 9.82. The smallest absolute Gasteiger partial charge is 0.339 e. The Morgan fingerprint density at radius 2 is 1.60 bits per heavy atom. The minimum Gasteiger partial charge on any atom is -0.481 e. The number of esters is 1. The quantitative estimate of drug-likeness (QED) is 0.187. The number of halogens is 1. The molecule has 2 aromatic carbocycles. The third kappa shape index (κ3) is 6.85. The van der Waals surface area contributed by atoms with Crippen molar-refractivity contribution in [2.45, 2.75) is 70.8 Å². The van der Waals surface area contributed by atoms with Crippen LogP contribution in [-0.4, -0.2) is 17.0 Å². The highest BCUT2D eigenvalue weighted by Gasteiger charge is 2.39. The minimum absolute atomic E-state index is 0.127. The number of carbonyl (C=O) groups excluding carboxylic acids is 1. The maximum absolute atomic E-state index is 13.3. The van der Waals surface area contributed by atoms with Gasteiger partial charge in [0.1, 0.15) is 5.92 Å². The van der Waals surface area contributed by atoms with Gasteiger partial charge in [0.15, 0.2) is 5.60 Å². The molecule has 5 heteroatoms. The molecule has 4 nitrogen and oxygen atoms in total. The maximum Gasteiger partial charge on any atom is 0.339 e. The first-order valence-electron chi connectivity index (χ1n) is 12.6. The molecule has 0 aliphatic heterocycles. The van der Waals surface area contributed by atoms with Crippen molar-refractivity contribution in [1.82, 2.24) is 0 Å². The number of carbonyl (C=O) groups is 2. The fourth-order valence-corrected chi connectivity index (χ4v) is 4.77. The highest BCUT2D eigenvalue weighted by Crippen LogP contribution is 2.40. The van der Waals surface area contributed by atoms with Crippen LogP contribution in [-0.2, 0) is 28.0 Å². The summed E-state index contributed by atoms with van der Waals surface area (Å²) in [6.45, 7) is 4.33. The van der Waals surface area contributed by atoms with E-state index < -0.39 is 23.5 Å². The predicted octanol–water partition coefficient (Wildman–Crippen LogP) is 7.60. The fraction of sp³-hybridized carbons (Fsp3) is 0.400. The maximum atomic E-state index is 13.3. The third-order valence-electron chi connectivity index (χ3n) is 6.46. The first-order valence-corrected chi connectivity index (χ1v) is 13.0. The average Bonchev–Trinajstić information content (AvgIpc) is 2.85. The molecule has 0 spiro atoms. The summed E-state index contributed by atoms with van der Waals surface area (Å²) in [5.74, 6) is -2.48. The minimum atomic E-state index is -1.28. The Hall–Kier alpha value is -2.85. The molecule has 0 heterocycles. The van der Waals surface area contributed by atoms with E-state index in [0.29, 0.717) is 5.56 Å². The second-order valence-corrected chi connectivity index (χ2v) is 9.59. The lowest BCUT2D eigenvalue weighted by molar-refractivity contribution is -0.138. The number of carboxylic acid groups (broad SMARTS) is 1. The number of aliphatic carboxylic acids is 1. The second-order valence-electron chi connectivity index (χ2n) is 9.16. The number of hydrogen-bond acceptors (Lipinski definition) is 3. The van der Waals surface area contributed by atoms with Crippen molar-refractivity contribution in [2.24, 2.45) is 5.92 Å². The molecular formula is C30H35ClO4. The number of aryl methyl sites for hydroxylation is 2. The molecule has 0 saturated heterocycles. The van der Waals surface area contributed by atoms with Crippen LogP contribution in [0.15, 0.2) is 71.8 Å². The first-order chi connectivity index (χ1) is 16.9. The predicted molar refractivity (Wildman–Crippen MR) is 141 cm³/mol. The highest BCUT2D eigenvalue weighted by atomic mass is 35.5. The van der Waals surface area contributed by atoms with Crippen molar-refractivity contribution in [3.05, 3.63) is 94.0 Å². The van der Waals surface area contributed by atoms with Crippen molar-refractivity contribution in [3.63, 3.8) is 0 Å². The van der Waals surface area contributed by atoms with Crippen molar-refractivity contribution in [1.29, 1.82) is 0 Å². The molecule has 0 bridgehead atoms. The molecule has 35 heavy (non-hydrogen) atoms. The Morgan fingerprint density at radius 3 is 2.23 bits per heavy atom. The van der Waals surface area contributed by atoms with Crippen LogP contribution < -0.4 is 0 Å². The Kier molecular flexibility index (Phi) is 9.73. The molecule has 1 aliphatic carbocycles. The van der Waals surface area contributed by atoms with Gasteiger partial charge in [0.2, 0.25) is 0 Å². The van der Waals surface area contributed by atoms with E-state index >= 15 is 0 Å². The van der Waals surface area contributed by atoms with Crippen molar-refractivity contribution >= 4 is 23.5 Å². The SMILES string of the molecule is CCCCCc1ccc(C(=O)OC2(c3ccccc3CCCCC)C=CC(C(=O)O)C(Cl)=C2)cc1. The number of unbranched alkanes of at least 4 members (excludes halogenated alkanes) is 4. The first kappa shape index (κ1) is 26.7. The Labute approximate surface area is 213 Å². The molecule has 1 N–H and O–H groups in total. The molecule has 0 radical (unpaired) electrons. The summed E-state index contributed by atoms with van der Waals surface area (Å²) >= 11 is 6.44. The number of rotatable bonds is 12. The van der Waals surface area contributed by atoms with Crippen LogP contribution in [0.3, 0.4) is 0 Å². The van der Waals surface area contributed by atoms with Crippen LogP contribution in [0.2, 0.25) is 0 Å². The zero-order valence-electron chi connectivity index (χ0n) is 20.6. The highest BCUT2D eigenvalue weighted by molar-refractivity contribution is 6.31. The molecule has 0 aromatic heterocycles. The van der Waals surface area contributed by atoms with E-state index in [1.165, 1.54) is 24.5 Å². The Morgan fingerprint density at radius 1 is 0.943 bits per heavy atom. The van der Waals surface area contributed by atoms with Crippen LogP contribution in [0.5, 0.6) is 0 Å². The van der Waals surface area contributed by atoms with E-state index in [4.69, 9.17) is 16.3 Å². The van der Waals surface area contributed by atoms with Gasteiger partial charge in [-0.15, -0.1) is 0 Å². The molecule has 3 rings (SSSR count). The number of hydrogen-bond donors (Lipinski definition) is 1. The molecular weight excluding hydrogens is 460 g/mol. The molecule has 0 saturated carbocycles. The molecule has 0 amide bonds. The lowest BCUT2D eigenvalue weighted by Crippen LogP contribution is -2.33. The molecule has 2 atom stereocenters. The van der Waals surface area contributed by atoms with E-state index in [1.807, 2.05) is 36.4 Å². The third-order valence-corrected chi connectivity index (χ3v) is 6.80. The van der Waals surface area contributed by atoms with Gasteiger partial charge in [0.25, 0.3) is 0 Å². The van der Waals surface area contributed by atoms with E-state index in [-0.39, 0.29) is 5.03 Å². The summed E-state index contributed by atoms with van der Waals surface area (Å²) < 4.78 is 6.16. The van der Waals surface area contributed by atoms with Gasteiger partial charge in [-0.05, 0) is 61.1 Å². The van der Waals surface area contributed by atoms with Gasteiger partial charge in [-0.2, -0.15) is 0 Å². The normalized spacial score (nSPS) is 19.3. The van der Waals surface area contributed by atoms with Crippen molar-refractivity contribution < 1.29 is 19.4 Å². The largest absolute Gasteiger partial charge is 0.481 e. The summed E-state index contributed by atoms with van der Waals surface area (Å²) in [4.78, 5) is 25.0. The van der Waals surface area contributed by atoms with E-state index in [9.17, 15) is 14.7 Å². The van der Waals surface area contributed by atoms with Crippen LogP contribution in [0.25, 0.3) is 0 Å². The summed E-state index contributed by atoms with van der Waals surface area (Å²) in [5.41, 5.74) is 2.22. The molecule has 2 aromatic rings.